The van der Waals surface area contributed by atoms with Gasteiger partial charge in [-0.2, -0.15) is 11.8 Å². The average Bonchev–Trinajstić information content (AvgIpc) is 2.42. The molecular weight excluding hydrogens is 272 g/mol. The van der Waals surface area contributed by atoms with E-state index < -0.39 is 0 Å². The Bertz CT molecular complexity index is 427. The molecule has 0 spiro atoms. The molecule has 1 aromatic rings. The van der Waals surface area contributed by atoms with Crippen LogP contribution in [0, 0.1) is 0 Å². The molecule has 0 aliphatic carbocycles. The van der Waals surface area contributed by atoms with E-state index in [4.69, 9.17) is 0 Å². The van der Waals surface area contributed by atoms with Crippen molar-refractivity contribution in [2.75, 3.05) is 5.75 Å². The summed E-state index contributed by atoms with van der Waals surface area (Å²) in [5, 5.41) is 1.35. The van der Waals surface area contributed by atoms with Gasteiger partial charge < -0.3 is 0 Å². The van der Waals surface area contributed by atoms with Gasteiger partial charge in [-0.25, -0.2) is 0 Å². The fourth-order valence-electron chi connectivity index (χ4n) is 2.23. The molecule has 19 heavy (non-hydrogen) atoms. The molecule has 0 N–H and O–H groups in total. The van der Waals surface area contributed by atoms with E-state index in [9.17, 15) is 4.79 Å². The van der Waals surface area contributed by atoms with E-state index in [1.54, 1.807) is 0 Å². The Labute approximate surface area is 124 Å². The number of Topliss-reactive ketones (excluding diaryl/α,β-unsaturated/α-hetero) is 1. The number of carbonyl (C=O) groups excluding carboxylic acids is 1. The molecular formula is C16H22OS2. The van der Waals surface area contributed by atoms with Crippen LogP contribution in [0.5, 0.6) is 0 Å². The Hall–Kier alpha value is -0.410. The van der Waals surface area contributed by atoms with Crippen LogP contribution in [0.2, 0.25) is 0 Å². The van der Waals surface area contributed by atoms with Gasteiger partial charge in [0.1, 0.15) is 0 Å². The van der Waals surface area contributed by atoms with Gasteiger partial charge >= 0.3 is 0 Å². The van der Waals surface area contributed by atoms with E-state index in [1.165, 1.54) is 5.56 Å². The highest BCUT2D eigenvalue weighted by Gasteiger charge is 2.30. The minimum atomic E-state index is 0.133. The Kier molecular flexibility index (Phi) is 5.40. The first-order valence-corrected chi connectivity index (χ1v) is 9.01. The number of rotatable bonds is 4. The van der Waals surface area contributed by atoms with Crippen LogP contribution in [0.4, 0.5) is 0 Å². The van der Waals surface area contributed by atoms with Gasteiger partial charge in [0, 0.05) is 21.8 Å². The molecule has 0 radical (unpaired) electrons. The van der Waals surface area contributed by atoms with Crippen LogP contribution < -0.4 is 0 Å². The highest BCUT2D eigenvalue weighted by molar-refractivity contribution is 8.08. The number of benzene rings is 1. The van der Waals surface area contributed by atoms with Crippen molar-refractivity contribution < 1.29 is 4.79 Å². The zero-order chi connectivity index (χ0) is 13.8. The van der Waals surface area contributed by atoms with Crippen molar-refractivity contribution in [2.45, 2.75) is 49.4 Å². The zero-order valence-electron chi connectivity index (χ0n) is 11.9. The molecule has 1 nitrogen and oxygen atoms in total. The summed E-state index contributed by atoms with van der Waals surface area (Å²) in [6, 6.07) is 8.20. The number of hydrogen-bond acceptors (Lipinski definition) is 3. The standard InChI is InChI=1S/C16H22OS2/c1-4-5-13-6-8-14(9-7-13)16(17)15-10-18-11(2)12(3)19-15/h6-9,11-12,15H,4-5,10H2,1-3H3. The van der Waals surface area contributed by atoms with Gasteiger partial charge in [-0.3, -0.25) is 4.79 Å². The Balaban J connectivity index is 2.03. The minimum absolute atomic E-state index is 0.133. The molecule has 0 amide bonds. The molecule has 1 fully saturated rings. The average molecular weight is 294 g/mol. The summed E-state index contributed by atoms with van der Waals surface area (Å²) in [6.07, 6.45) is 2.24. The summed E-state index contributed by atoms with van der Waals surface area (Å²) in [4.78, 5) is 12.5. The monoisotopic (exact) mass is 294 g/mol. The third kappa shape index (κ3) is 3.79. The molecule has 0 saturated carbocycles. The van der Waals surface area contributed by atoms with Crippen LogP contribution in [0.1, 0.15) is 43.1 Å². The molecule has 0 aromatic heterocycles. The highest BCUT2D eigenvalue weighted by Crippen LogP contribution is 2.36. The van der Waals surface area contributed by atoms with Crippen molar-refractivity contribution in [2.24, 2.45) is 0 Å². The number of thioether (sulfide) groups is 2. The highest BCUT2D eigenvalue weighted by atomic mass is 32.2. The van der Waals surface area contributed by atoms with Gasteiger partial charge in [-0.05, 0) is 12.0 Å². The van der Waals surface area contributed by atoms with E-state index in [-0.39, 0.29) is 5.25 Å². The van der Waals surface area contributed by atoms with Gasteiger partial charge in [0.25, 0.3) is 0 Å². The molecule has 0 bridgehead atoms. The maximum absolute atomic E-state index is 12.5. The van der Waals surface area contributed by atoms with Crippen molar-refractivity contribution in [3.8, 4) is 0 Å². The summed E-state index contributed by atoms with van der Waals surface area (Å²) in [6.45, 7) is 6.66. The minimum Gasteiger partial charge on any atom is -0.293 e. The number of carbonyl (C=O) groups is 1. The maximum atomic E-state index is 12.5. The Morgan fingerprint density at radius 3 is 2.47 bits per heavy atom. The predicted octanol–water partition coefficient (Wildman–Crippen LogP) is 4.45. The largest absolute Gasteiger partial charge is 0.293 e. The first kappa shape index (κ1) is 15.0. The third-order valence-electron chi connectivity index (χ3n) is 3.62. The number of ketones is 1. The fourth-order valence-corrected chi connectivity index (χ4v) is 5.11. The topological polar surface area (TPSA) is 17.1 Å². The van der Waals surface area contributed by atoms with Crippen LogP contribution in [-0.4, -0.2) is 27.3 Å². The molecule has 3 atom stereocenters. The number of aryl methyl sites for hydroxylation is 1. The molecule has 1 heterocycles. The second kappa shape index (κ2) is 6.85. The molecule has 1 aliphatic heterocycles. The first-order valence-electron chi connectivity index (χ1n) is 7.02. The smallest absolute Gasteiger partial charge is 0.176 e. The van der Waals surface area contributed by atoms with Crippen molar-refractivity contribution >= 4 is 29.3 Å². The van der Waals surface area contributed by atoms with Crippen LogP contribution >= 0.6 is 23.5 Å². The first-order chi connectivity index (χ1) is 9.11. The second-order valence-corrected chi connectivity index (χ2v) is 8.17. The van der Waals surface area contributed by atoms with Crippen LogP contribution in [0.25, 0.3) is 0 Å². The summed E-state index contributed by atoms with van der Waals surface area (Å²) < 4.78 is 0. The van der Waals surface area contributed by atoms with E-state index in [0.29, 0.717) is 16.3 Å². The van der Waals surface area contributed by atoms with E-state index in [2.05, 4.69) is 32.9 Å². The van der Waals surface area contributed by atoms with Crippen molar-refractivity contribution in [1.29, 1.82) is 0 Å². The fraction of sp³-hybridized carbons (Fsp3) is 0.562. The van der Waals surface area contributed by atoms with E-state index >= 15 is 0 Å². The van der Waals surface area contributed by atoms with Gasteiger partial charge in [0.15, 0.2) is 5.78 Å². The summed E-state index contributed by atoms with van der Waals surface area (Å²) in [5.41, 5.74) is 2.20. The molecule has 1 saturated heterocycles. The molecule has 3 unspecified atom stereocenters. The van der Waals surface area contributed by atoms with Gasteiger partial charge in [-0.15, -0.1) is 11.8 Å². The summed E-state index contributed by atoms with van der Waals surface area (Å²) in [7, 11) is 0. The lowest BCUT2D eigenvalue weighted by molar-refractivity contribution is 0.0995. The van der Waals surface area contributed by atoms with E-state index in [0.717, 1.165) is 24.2 Å². The van der Waals surface area contributed by atoms with Crippen LogP contribution in [0.15, 0.2) is 24.3 Å². The van der Waals surface area contributed by atoms with Crippen molar-refractivity contribution in [3.63, 3.8) is 0 Å². The summed E-state index contributed by atoms with van der Waals surface area (Å²) in [5.74, 6) is 1.26. The van der Waals surface area contributed by atoms with Gasteiger partial charge in [-0.1, -0.05) is 51.5 Å². The predicted molar refractivity (Wildman–Crippen MR) is 87.5 cm³/mol. The Morgan fingerprint density at radius 2 is 1.89 bits per heavy atom. The lowest BCUT2D eigenvalue weighted by Crippen LogP contribution is -2.31. The molecule has 3 heteroatoms. The lowest BCUT2D eigenvalue weighted by atomic mass is 10.0. The molecule has 1 aliphatic rings. The number of hydrogen-bond donors (Lipinski definition) is 0. The second-order valence-electron chi connectivity index (χ2n) is 5.18. The quantitative estimate of drug-likeness (QED) is 0.764. The molecule has 104 valence electrons. The van der Waals surface area contributed by atoms with E-state index in [1.807, 2.05) is 35.7 Å². The van der Waals surface area contributed by atoms with Crippen LogP contribution in [-0.2, 0) is 6.42 Å². The van der Waals surface area contributed by atoms with Gasteiger partial charge in [0.2, 0.25) is 0 Å². The normalized spacial score (nSPS) is 27.2. The van der Waals surface area contributed by atoms with Crippen molar-refractivity contribution in [1.82, 2.24) is 0 Å². The third-order valence-corrected chi connectivity index (χ3v) is 7.01. The SMILES string of the molecule is CCCc1ccc(C(=O)C2CSC(C)C(C)S2)cc1. The Morgan fingerprint density at radius 1 is 1.21 bits per heavy atom. The summed E-state index contributed by atoms with van der Waals surface area (Å²) >= 11 is 3.77. The zero-order valence-corrected chi connectivity index (χ0v) is 13.5. The lowest BCUT2D eigenvalue weighted by Gasteiger charge is -2.30. The maximum Gasteiger partial charge on any atom is 0.176 e. The molecule has 1 aromatic carbocycles. The van der Waals surface area contributed by atoms with Gasteiger partial charge in [0.05, 0.1) is 5.25 Å². The molecule has 2 rings (SSSR count). The van der Waals surface area contributed by atoms with Crippen LogP contribution in [0.3, 0.4) is 0 Å². The van der Waals surface area contributed by atoms with Crippen molar-refractivity contribution in [3.05, 3.63) is 35.4 Å².